The summed E-state index contributed by atoms with van der Waals surface area (Å²) >= 11 is 0. The zero-order valence-electron chi connectivity index (χ0n) is 7.74. The van der Waals surface area contributed by atoms with Gasteiger partial charge in [-0.25, -0.2) is 0 Å². The molecule has 0 saturated carbocycles. The molecule has 64 valence electrons. The van der Waals surface area contributed by atoms with Crippen LogP contribution in [0.3, 0.4) is 0 Å². The number of nitrogens with one attached hydrogen (secondary N) is 1. The molecule has 1 N–H and O–H groups in total. The Morgan fingerprint density at radius 3 is 2.00 bits per heavy atom. The molecule has 1 aliphatic heterocycles. The van der Waals surface area contributed by atoms with Crippen LogP contribution in [0.5, 0.6) is 0 Å². The highest BCUT2D eigenvalue weighted by Crippen LogP contribution is 2.24. The lowest BCUT2D eigenvalue weighted by Gasteiger charge is -2.24. The van der Waals surface area contributed by atoms with Gasteiger partial charge in [0.05, 0.1) is 0 Å². The average Bonchev–Trinajstić information content (AvgIpc) is 1.83. The Bertz CT molecular complexity index is 138. The fraction of sp³-hybridized carbons (Fsp3) is 0.889. The first-order valence-corrected chi connectivity index (χ1v) is 8.08. The summed E-state index contributed by atoms with van der Waals surface area (Å²) in [6, 6.07) is 2.88. The summed E-state index contributed by atoms with van der Waals surface area (Å²) in [7, 11) is -0.799. The lowest BCUT2D eigenvalue weighted by Crippen LogP contribution is -2.26. The molecule has 0 bridgehead atoms. The van der Waals surface area contributed by atoms with Gasteiger partial charge in [-0.2, -0.15) is 0 Å². The molecule has 11 heavy (non-hydrogen) atoms. The quantitative estimate of drug-likeness (QED) is 0.538. The highest BCUT2D eigenvalue weighted by molar-refractivity contribution is 6.77. The van der Waals surface area contributed by atoms with Gasteiger partial charge in [0.1, 0.15) is 0 Å². The van der Waals surface area contributed by atoms with Crippen molar-refractivity contribution in [2.45, 2.75) is 50.9 Å². The second-order valence-corrected chi connectivity index (χ2v) is 9.80. The predicted octanol–water partition coefficient (Wildman–Crippen LogP) is 3.29. The zero-order chi connectivity index (χ0) is 8.32. The Kier molecular flexibility index (Phi) is 2.88. The highest BCUT2D eigenvalue weighted by atomic mass is 28.3. The second-order valence-electron chi connectivity index (χ2n) is 4.47. The van der Waals surface area contributed by atoms with Gasteiger partial charge >= 0.3 is 0 Å². The van der Waals surface area contributed by atoms with Crippen molar-refractivity contribution in [1.29, 1.82) is 5.41 Å². The maximum Gasteiger partial charge on any atom is 0.0473 e. The van der Waals surface area contributed by atoms with Crippen molar-refractivity contribution >= 4 is 13.8 Å². The lowest BCUT2D eigenvalue weighted by atomic mass is 10.1. The third-order valence-electron chi connectivity index (χ3n) is 2.66. The molecule has 0 unspecified atom stereocenters. The summed E-state index contributed by atoms with van der Waals surface area (Å²) in [6.45, 7) is 4.98. The Balaban J connectivity index is 2.41. The van der Waals surface area contributed by atoms with Gasteiger partial charge in [0.25, 0.3) is 0 Å². The van der Waals surface area contributed by atoms with Crippen LogP contribution in [0, 0.1) is 5.41 Å². The smallest absolute Gasteiger partial charge is 0.0473 e. The molecule has 0 amide bonds. The van der Waals surface area contributed by atoms with E-state index in [-0.39, 0.29) is 0 Å². The number of hydrogen-bond acceptors (Lipinski definition) is 1. The van der Waals surface area contributed by atoms with Crippen LogP contribution in [0.4, 0.5) is 0 Å². The van der Waals surface area contributed by atoms with Crippen molar-refractivity contribution in [2.24, 2.45) is 0 Å². The molecule has 1 saturated heterocycles. The van der Waals surface area contributed by atoms with Gasteiger partial charge < -0.3 is 5.41 Å². The molecular weight excluding hydrogens is 150 g/mol. The van der Waals surface area contributed by atoms with Crippen LogP contribution >= 0.6 is 0 Å². The first-order valence-electron chi connectivity index (χ1n) is 4.66. The van der Waals surface area contributed by atoms with Gasteiger partial charge in [-0.1, -0.05) is 38.0 Å². The van der Waals surface area contributed by atoms with Crippen molar-refractivity contribution in [3.8, 4) is 0 Å². The molecule has 0 spiro atoms. The Labute approximate surface area is 70.7 Å². The third-order valence-corrected chi connectivity index (χ3v) is 6.08. The minimum absolute atomic E-state index is 0.799. The van der Waals surface area contributed by atoms with Crippen molar-refractivity contribution in [3.63, 3.8) is 0 Å². The first-order chi connectivity index (χ1) is 5.10. The van der Waals surface area contributed by atoms with Crippen molar-refractivity contribution in [1.82, 2.24) is 0 Å². The van der Waals surface area contributed by atoms with Gasteiger partial charge in [0.15, 0.2) is 0 Å². The van der Waals surface area contributed by atoms with E-state index in [1.807, 2.05) is 0 Å². The van der Waals surface area contributed by atoms with E-state index < -0.39 is 8.07 Å². The monoisotopic (exact) mass is 169 g/mol. The van der Waals surface area contributed by atoms with Gasteiger partial charge in [0, 0.05) is 13.8 Å². The van der Waals surface area contributed by atoms with Crippen molar-refractivity contribution < 1.29 is 0 Å². The van der Waals surface area contributed by atoms with Crippen LogP contribution in [0.25, 0.3) is 0 Å². The molecule has 0 radical (unpaired) electrons. The fourth-order valence-corrected chi connectivity index (χ4v) is 4.33. The third kappa shape index (κ3) is 3.19. The Morgan fingerprint density at radius 2 is 1.55 bits per heavy atom. The van der Waals surface area contributed by atoms with Crippen LogP contribution < -0.4 is 0 Å². The molecule has 0 aromatic heterocycles. The predicted molar refractivity (Wildman–Crippen MR) is 53.3 cm³/mol. The number of rotatable bonds is 0. The molecule has 1 heterocycles. The van der Waals surface area contributed by atoms with Crippen LogP contribution in [-0.2, 0) is 0 Å². The standard InChI is InChI=1S/C9H19NSi/c1-11(2)7-3-5-9(10)6-4-8-11/h10H,3-8H2,1-2H3. The maximum absolute atomic E-state index is 7.57. The van der Waals surface area contributed by atoms with E-state index in [0.29, 0.717) is 0 Å². The van der Waals surface area contributed by atoms with E-state index in [0.717, 1.165) is 18.6 Å². The van der Waals surface area contributed by atoms with Gasteiger partial charge in [-0.05, 0) is 12.8 Å². The minimum Gasteiger partial charge on any atom is -0.310 e. The normalized spacial score (nSPS) is 25.8. The molecule has 1 aliphatic rings. The summed E-state index contributed by atoms with van der Waals surface area (Å²) < 4.78 is 0. The molecule has 1 nitrogen and oxygen atoms in total. The molecular formula is C9H19NSi. The molecule has 0 aliphatic carbocycles. The molecule has 1 rings (SSSR count). The van der Waals surface area contributed by atoms with Gasteiger partial charge in [-0.3, -0.25) is 0 Å². The van der Waals surface area contributed by atoms with E-state index in [9.17, 15) is 0 Å². The van der Waals surface area contributed by atoms with Crippen molar-refractivity contribution in [3.05, 3.63) is 0 Å². The fourth-order valence-electron chi connectivity index (χ4n) is 1.81. The van der Waals surface area contributed by atoms with E-state index in [2.05, 4.69) is 13.1 Å². The summed E-state index contributed by atoms with van der Waals surface area (Å²) in [5, 5.41) is 7.57. The van der Waals surface area contributed by atoms with Crippen LogP contribution in [0.15, 0.2) is 0 Å². The SMILES string of the molecule is C[Si]1(C)CCCC(=N)CCC1. The minimum atomic E-state index is -0.799. The van der Waals surface area contributed by atoms with E-state index >= 15 is 0 Å². The Hall–Kier alpha value is -0.113. The van der Waals surface area contributed by atoms with E-state index in [4.69, 9.17) is 5.41 Å². The Morgan fingerprint density at radius 1 is 1.09 bits per heavy atom. The largest absolute Gasteiger partial charge is 0.310 e. The average molecular weight is 169 g/mol. The van der Waals surface area contributed by atoms with Crippen LogP contribution in [0.2, 0.25) is 25.2 Å². The zero-order valence-corrected chi connectivity index (χ0v) is 8.74. The first kappa shape index (κ1) is 8.98. The van der Waals surface area contributed by atoms with E-state index in [1.54, 1.807) is 0 Å². The van der Waals surface area contributed by atoms with Crippen LogP contribution in [0.1, 0.15) is 25.7 Å². The van der Waals surface area contributed by atoms with Gasteiger partial charge in [-0.15, -0.1) is 0 Å². The second kappa shape index (κ2) is 3.52. The van der Waals surface area contributed by atoms with E-state index in [1.165, 1.54) is 24.9 Å². The number of hydrogen-bond donors (Lipinski definition) is 1. The maximum atomic E-state index is 7.57. The molecule has 0 aromatic rings. The molecule has 0 aromatic carbocycles. The summed E-state index contributed by atoms with van der Waals surface area (Å²) in [4.78, 5) is 0. The highest BCUT2D eigenvalue weighted by Gasteiger charge is 2.21. The summed E-state index contributed by atoms with van der Waals surface area (Å²) in [6.07, 6.45) is 4.74. The van der Waals surface area contributed by atoms with Crippen molar-refractivity contribution in [2.75, 3.05) is 0 Å². The molecule has 2 heteroatoms. The lowest BCUT2D eigenvalue weighted by molar-refractivity contribution is 0.846. The van der Waals surface area contributed by atoms with Crippen LogP contribution in [-0.4, -0.2) is 13.8 Å². The summed E-state index contributed by atoms with van der Waals surface area (Å²) in [5.74, 6) is 0. The molecule has 0 atom stereocenters. The summed E-state index contributed by atoms with van der Waals surface area (Å²) in [5.41, 5.74) is 0.995. The van der Waals surface area contributed by atoms with Gasteiger partial charge in [0.2, 0.25) is 0 Å². The molecule has 1 fully saturated rings. The topological polar surface area (TPSA) is 23.9 Å².